The Kier molecular flexibility index (Phi) is 5.52. The van der Waals surface area contributed by atoms with E-state index in [1.54, 1.807) is 5.32 Å². The van der Waals surface area contributed by atoms with Gasteiger partial charge >= 0.3 is 6.18 Å². The summed E-state index contributed by atoms with van der Waals surface area (Å²) in [5, 5.41) is 1.80. The van der Waals surface area contributed by atoms with Crippen LogP contribution >= 0.6 is 0 Å². The molecular weight excluding hydrogens is 197 g/mol. The van der Waals surface area contributed by atoms with Gasteiger partial charge in [0.25, 0.3) is 0 Å². The van der Waals surface area contributed by atoms with Gasteiger partial charge in [-0.15, -0.1) is 0 Å². The second kappa shape index (κ2) is 5.85. The van der Waals surface area contributed by atoms with Gasteiger partial charge in [0.2, 0.25) is 5.91 Å². The summed E-state index contributed by atoms with van der Waals surface area (Å²) < 4.78 is 34.9. The third-order valence-electron chi connectivity index (χ3n) is 1.75. The zero-order valence-electron chi connectivity index (χ0n) is 8.03. The minimum Gasteiger partial charge on any atom is -0.347 e. The van der Waals surface area contributed by atoms with Crippen molar-refractivity contribution in [3.8, 4) is 0 Å². The summed E-state index contributed by atoms with van der Waals surface area (Å²) in [6.45, 7) is 1.02. The number of rotatable bonds is 5. The molecule has 0 saturated carbocycles. The van der Waals surface area contributed by atoms with E-state index in [1.807, 2.05) is 6.92 Å². The number of hydrogen-bond acceptors (Lipinski definition) is 2. The SMILES string of the molecule is CC(CN)CCC(=O)NCC(F)(F)F. The molecule has 0 aliphatic rings. The number of hydrogen-bond donors (Lipinski definition) is 2. The minimum atomic E-state index is -4.34. The molecule has 6 heteroatoms. The molecule has 0 aromatic carbocycles. The third kappa shape index (κ3) is 7.85. The molecule has 14 heavy (non-hydrogen) atoms. The number of nitrogens with one attached hydrogen (secondary N) is 1. The van der Waals surface area contributed by atoms with E-state index in [4.69, 9.17) is 5.73 Å². The van der Waals surface area contributed by atoms with Crippen LogP contribution < -0.4 is 11.1 Å². The standard InChI is InChI=1S/C8H15F3N2O/c1-6(4-12)2-3-7(14)13-5-8(9,10)11/h6H,2-5,12H2,1H3,(H,13,14). The quantitative estimate of drug-likeness (QED) is 0.715. The average Bonchev–Trinajstić information content (AvgIpc) is 2.09. The lowest BCUT2D eigenvalue weighted by molar-refractivity contribution is -0.138. The van der Waals surface area contributed by atoms with Gasteiger partial charge in [0.1, 0.15) is 6.54 Å². The normalized spacial score (nSPS) is 13.8. The van der Waals surface area contributed by atoms with Crippen molar-refractivity contribution in [2.45, 2.75) is 25.9 Å². The highest BCUT2D eigenvalue weighted by Crippen LogP contribution is 2.12. The van der Waals surface area contributed by atoms with E-state index in [9.17, 15) is 18.0 Å². The van der Waals surface area contributed by atoms with Gasteiger partial charge in [0.15, 0.2) is 0 Å². The van der Waals surface area contributed by atoms with Crippen LogP contribution in [0.2, 0.25) is 0 Å². The van der Waals surface area contributed by atoms with Crippen molar-refractivity contribution >= 4 is 5.91 Å². The molecule has 0 rings (SSSR count). The maximum Gasteiger partial charge on any atom is 0.405 e. The Balaban J connectivity index is 3.57. The Bertz CT molecular complexity index is 182. The summed E-state index contributed by atoms with van der Waals surface area (Å²) in [5.41, 5.74) is 5.29. The Hall–Kier alpha value is -0.780. The van der Waals surface area contributed by atoms with Crippen LogP contribution in [0.15, 0.2) is 0 Å². The second-order valence-corrected chi connectivity index (χ2v) is 3.27. The molecule has 0 aromatic rings. The van der Waals surface area contributed by atoms with Crippen LogP contribution in [0.5, 0.6) is 0 Å². The number of carbonyl (C=O) groups excluding carboxylic acids is 1. The number of alkyl halides is 3. The highest BCUT2D eigenvalue weighted by molar-refractivity contribution is 5.75. The summed E-state index contributed by atoms with van der Waals surface area (Å²) in [4.78, 5) is 10.9. The molecule has 0 saturated heterocycles. The van der Waals surface area contributed by atoms with Gasteiger partial charge in [-0.1, -0.05) is 6.92 Å². The highest BCUT2D eigenvalue weighted by Gasteiger charge is 2.27. The van der Waals surface area contributed by atoms with Crippen molar-refractivity contribution in [2.75, 3.05) is 13.1 Å². The monoisotopic (exact) mass is 212 g/mol. The molecule has 0 radical (unpaired) electrons. The van der Waals surface area contributed by atoms with Gasteiger partial charge in [0, 0.05) is 6.42 Å². The third-order valence-corrected chi connectivity index (χ3v) is 1.75. The zero-order valence-corrected chi connectivity index (χ0v) is 8.03. The summed E-state index contributed by atoms with van der Waals surface area (Å²) in [6, 6.07) is 0. The largest absolute Gasteiger partial charge is 0.405 e. The van der Waals surface area contributed by atoms with E-state index in [-0.39, 0.29) is 12.3 Å². The molecule has 3 nitrogen and oxygen atoms in total. The predicted octanol–water partition coefficient (Wildman–Crippen LogP) is 1.04. The van der Waals surface area contributed by atoms with Crippen LogP contribution in [0.3, 0.4) is 0 Å². The van der Waals surface area contributed by atoms with Crippen molar-refractivity contribution in [3.63, 3.8) is 0 Å². The van der Waals surface area contributed by atoms with E-state index < -0.39 is 18.6 Å². The van der Waals surface area contributed by atoms with Crippen molar-refractivity contribution in [1.29, 1.82) is 0 Å². The van der Waals surface area contributed by atoms with Crippen LogP contribution in [-0.4, -0.2) is 25.2 Å². The van der Waals surface area contributed by atoms with Crippen LogP contribution in [0.4, 0.5) is 13.2 Å². The first-order valence-electron chi connectivity index (χ1n) is 4.38. The van der Waals surface area contributed by atoms with Crippen LogP contribution in [0, 0.1) is 5.92 Å². The number of nitrogens with two attached hydrogens (primary N) is 1. The fraction of sp³-hybridized carbons (Fsp3) is 0.875. The Labute approximate surface area is 80.8 Å². The van der Waals surface area contributed by atoms with Gasteiger partial charge in [-0.25, -0.2) is 0 Å². The number of halogens is 3. The maximum absolute atomic E-state index is 11.6. The van der Waals surface area contributed by atoms with Gasteiger partial charge < -0.3 is 11.1 Å². The predicted molar refractivity (Wildman–Crippen MR) is 46.5 cm³/mol. The lowest BCUT2D eigenvalue weighted by atomic mass is 10.1. The van der Waals surface area contributed by atoms with Gasteiger partial charge in [-0.2, -0.15) is 13.2 Å². The average molecular weight is 212 g/mol. The molecule has 0 heterocycles. The first kappa shape index (κ1) is 13.2. The minimum absolute atomic E-state index is 0.0917. The van der Waals surface area contributed by atoms with Crippen molar-refractivity contribution in [3.05, 3.63) is 0 Å². The van der Waals surface area contributed by atoms with Crippen molar-refractivity contribution in [2.24, 2.45) is 11.7 Å². The van der Waals surface area contributed by atoms with E-state index in [2.05, 4.69) is 0 Å². The van der Waals surface area contributed by atoms with Crippen molar-refractivity contribution < 1.29 is 18.0 Å². The fourth-order valence-corrected chi connectivity index (χ4v) is 0.783. The molecule has 84 valence electrons. The summed E-state index contributed by atoms with van der Waals surface area (Å²) >= 11 is 0. The Morgan fingerprint density at radius 3 is 2.50 bits per heavy atom. The molecule has 1 amide bonds. The first-order valence-corrected chi connectivity index (χ1v) is 4.38. The molecule has 3 N–H and O–H groups in total. The second-order valence-electron chi connectivity index (χ2n) is 3.27. The Morgan fingerprint density at radius 1 is 1.50 bits per heavy atom. The topological polar surface area (TPSA) is 55.1 Å². The fourth-order valence-electron chi connectivity index (χ4n) is 0.783. The van der Waals surface area contributed by atoms with Crippen LogP contribution in [-0.2, 0) is 4.79 Å². The zero-order chi connectivity index (χ0) is 11.2. The van der Waals surface area contributed by atoms with E-state index >= 15 is 0 Å². The molecule has 1 unspecified atom stereocenters. The Morgan fingerprint density at radius 2 is 2.07 bits per heavy atom. The highest BCUT2D eigenvalue weighted by atomic mass is 19.4. The van der Waals surface area contributed by atoms with E-state index in [1.165, 1.54) is 0 Å². The molecule has 0 aromatic heterocycles. The van der Waals surface area contributed by atoms with Crippen LogP contribution in [0.1, 0.15) is 19.8 Å². The van der Waals surface area contributed by atoms with E-state index in [0.717, 1.165) is 0 Å². The lowest BCUT2D eigenvalue weighted by Crippen LogP contribution is -2.33. The van der Waals surface area contributed by atoms with Gasteiger partial charge in [-0.3, -0.25) is 4.79 Å². The number of carbonyl (C=O) groups is 1. The summed E-state index contributed by atoms with van der Waals surface area (Å²) in [6.07, 6.45) is -3.73. The smallest absolute Gasteiger partial charge is 0.347 e. The summed E-state index contributed by atoms with van der Waals surface area (Å²) in [5.74, 6) is -0.422. The molecule has 0 spiro atoms. The molecule has 0 fully saturated rings. The van der Waals surface area contributed by atoms with Gasteiger partial charge in [-0.05, 0) is 18.9 Å². The molecule has 0 aliphatic carbocycles. The molecular formula is C8H15F3N2O. The number of amides is 1. The molecule has 0 aliphatic heterocycles. The first-order chi connectivity index (χ1) is 6.35. The lowest BCUT2D eigenvalue weighted by Gasteiger charge is -2.10. The maximum atomic E-state index is 11.6. The van der Waals surface area contributed by atoms with E-state index in [0.29, 0.717) is 13.0 Å². The summed E-state index contributed by atoms with van der Waals surface area (Å²) in [7, 11) is 0. The van der Waals surface area contributed by atoms with Gasteiger partial charge in [0.05, 0.1) is 0 Å². The van der Waals surface area contributed by atoms with Crippen molar-refractivity contribution in [1.82, 2.24) is 5.32 Å². The molecule has 0 bridgehead atoms. The van der Waals surface area contributed by atoms with Crippen LogP contribution in [0.25, 0.3) is 0 Å². The molecule has 1 atom stereocenters.